The van der Waals surface area contributed by atoms with Crippen LogP contribution in [0.25, 0.3) is 0 Å². The molecule has 0 unspecified atom stereocenters. The third-order valence-electron chi connectivity index (χ3n) is 1.91. The lowest BCUT2D eigenvalue weighted by Gasteiger charge is -2.23. The lowest BCUT2D eigenvalue weighted by molar-refractivity contribution is 0.202. The molecule has 5 heteroatoms. The first kappa shape index (κ1) is 11.4. The van der Waals surface area contributed by atoms with Gasteiger partial charge < -0.3 is 10.8 Å². The van der Waals surface area contributed by atoms with Gasteiger partial charge in [-0.15, -0.1) is 0 Å². The molecule has 0 radical (unpaired) electrons. The second-order valence-corrected chi connectivity index (χ2v) is 3.76. The zero-order valence-electron chi connectivity index (χ0n) is 7.52. The van der Waals surface area contributed by atoms with E-state index in [0.717, 1.165) is 12.1 Å². The molecule has 0 aliphatic carbocycles. The number of rotatable bonds is 2. The molecule has 0 aliphatic heterocycles. The van der Waals surface area contributed by atoms with Crippen LogP contribution in [0.2, 0.25) is 5.02 Å². The van der Waals surface area contributed by atoms with E-state index in [0.29, 0.717) is 0 Å². The highest BCUT2D eigenvalue weighted by atomic mass is 35.5. The standard InChI is InChI=1S/C9H10ClF2NO/c1-9(13,4-14)8-6(11)2-5(10)3-7(8)12/h2-3,14H,4,13H2,1H3/t9-/m0/s1. The van der Waals surface area contributed by atoms with Crippen LogP contribution in [0.15, 0.2) is 12.1 Å². The summed E-state index contributed by atoms with van der Waals surface area (Å²) in [5.74, 6) is -1.71. The maximum atomic E-state index is 13.3. The van der Waals surface area contributed by atoms with Crippen LogP contribution in [-0.4, -0.2) is 11.7 Å². The summed E-state index contributed by atoms with van der Waals surface area (Å²) < 4.78 is 26.6. The summed E-state index contributed by atoms with van der Waals surface area (Å²) in [6.45, 7) is 0.783. The molecule has 1 rings (SSSR count). The molecule has 14 heavy (non-hydrogen) atoms. The predicted molar refractivity (Wildman–Crippen MR) is 50.0 cm³/mol. The molecule has 0 spiro atoms. The van der Waals surface area contributed by atoms with Gasteiger partial charge in [0.1, 0.15) is 11.6 Å². The van der Waals surface area contributed by atoms with Crippen molar-refractivity contribution in [3.63, 3.8) is 0 Å². The summed E-state index contributed by atoms with van der Waals surface area (Å²) in [7, 11) is 0. The molecule has 78 valence electrons. The molecule has 0 aliphatic rings. The van der Waals surface area contributed by atoms with E-state index in [9.17, 15) is 8.78 Å². The highest BCUT2D eigenvalue weighted by Crippen LogP contribution is 2.26. The van der Waals surface area contributed by atoms with Gasteiger partial charge in [-0.2, -0.15) is 0 Å². The Hall–Kier alpha value is -0.710. The van der Waals surface area contributed by atoms with Gasteiger partial charge in [0.05, 0.1) is 12.1 Å². The van der Waals surface area contributed by atoms with Crippen molar-refractivity contribution < 1.29 is 13.9 Å². The van der Waals surface area contributed by atoms with Gasteiger partial charge in [-0.05, 0) is 19.1 Å². The minimum Gasteiger partial charge on any atom is -0.394 e. The van der Waals surface area contributed by atoms with E-state index in [2.05, 4.69) is 0 Å². The van der Waals surface area contributed by atoms with E-state index in [-0.39, 0.29) is 10.6 Å². The number of nitrogens with two attached hydrogens (primary N) is 1. The first-order chi connectivity index (χ1) is 6.38. The quantitative estimate of drug-likeness (QED) is 0.800. The first-order valence-corrected chi connectivity index (χ1v) is 4.31. The van der Waals surface area contributed by atoms with Gasteiger partial charge in [0.2, 0.25) is 0 Å². The molecule has 1 aromatic carbocycles. The Morgan fingerprint density at radius 2 is 1.86 bits per heavy atom. The van der Waals surface area contributed by atoms with Gasteiger partial charge in [0.25, 0.3) is 0 Å². The molecule has 0 saturated heterocycles. The van der Waals surface area contributed by atoms with Crippen LogP contribution in [0.1, 0.15) is 12.5 Å². The van der Waals surface area contributed by atoms with Crippen molar-refractivity contribution in [2.24, 2.45) is 5.73 Å². The SMILES string of the molecule is C[C@](N)(CO)c1c(F)cc(Cl)cc1F. The van der Waals surface area contributed by atoms with Crippen LogP contribution in [0, 0.1) is 11.6 Å². The molecule has 2 nitrogen and oxygen atoms in total. The molecule has 3 N–H and O–H groups in total. The molecular formula is C9H10ClF2NO. The van der Waals surface area contributed by atoms with Crippen LogP contribution in [0.3, 0.4) is 0 Å². The lowest BCUT2D eigenvalue weighted by Crippen LogP contribution is -2.38. The third-order valence-corrected chi connectivity index (χ3v) is 2.12. The number of aliphatic hydroxyl groups excluding tert-OH is 1. The maximum Gasteiger partial charge on any atom is 0.132 e. The van der Waals surface area contributed by atoms with Crippen LogP contribution in [-0.2, 0) is 5.54 Å². The van der Waals surface area contributed by atoms with Crippen LogP contribution >= 0.6 is 11.6 Å². The van der Waals surface area contributed by atoms with Gasteiger partial charge >= 0.3 is 0 Å². The number of halogens is 3. The predicted octanol–water partition coefficient (Wildman–Crippen LogP) is 1.78. The average Bonchev–Trinajstić information content (AvgIpc) is 2.01. The van der Waals surface area contributed by atoms with Crippen LogP contribution in [0.4, 0.5) is 8.78 Å². The number of aliphatic hydroxyl groups is 1. The van der Waals surface area contributed by atoms with Crippen LogP contribution < -0.4 is 5.73 Å². The van der Waals surface area contributed by atoms with Crippen molar-refractivity contribution in [2.45, 2.75) is 12.5 Å². The minimum absolute atomic E-state index is 0.0440. The van der Waals surface area contributed by atoms with E-state index in [1.54, 1.807) is 0 Å². The summed E-state index contributed by atoms with van der Waals surface area (Å²) in [6.07, 6.45) is 0. The van der Waals surface area contributed by atoms with Crippen molar-refractivity contribution in [2.75, 3.05) is 6.61 Å². The second kappa shape index (κ2) is 3.81. The van der Waals surface area contributed by atoms with Crippen molar-refractivity contribution in [1.29, 1.82) is 0 Å². The fraction of sp³-hybridized carbons (Fsp3) is 0.333. The molecule has 0 fully saturated rings. The zero-order valence-corrected chi connectivity index (χ0v) is 8.28. The normalized spacial score (nSPS) is 15.3. The zero-order chi connectivity index (χ0) is 10.9. The Morgan fingerprint density at radius 3 is 2.21 bits per heavy atom. The number of hydrogen-bond donors (Lipinski definition) is 2. The average molecular weight is 222 g/mol. The Morgan fingerprint density at radius 1 is 1.43 bits per heavy atom. The largest absolute Gasteiger partial charge is 0.394 e. The van der Waals surface area contributed by atoms with Crippen molar-refractivity contribution >= 4 is 11.6 Å². The monoisotopic (exact) mass is 221 g/mol. The van der Waals surface area contributed by atoms with E-state index in [1.165, 1.54) is 6.92 Å². The van der Waals surface area contributed by atoms with E-state index >= 15 is 0 Å². The number of hydrogen-bond acceptors (Lipinski definition) is 2. The van der Waals surface area contributed by atoms with Gasteiger partial charge in [-0.3, -0.25) is 0 Å². The first-order valence-electron chi connectivity index (χ1n) is 3.93. The maximum absolute atomic E-state index is 13.3. The van der Waals surface area contributed by atoms with Crippen molar-refractivity contribution in [1.82, 2.24) is 0 Å². The summed E-state index contributed by atoms with van der Waals surface area (Å²) >= 11 is 5.43. The van der Waals surface area contributed by atoms with E-state index in [4.69, 9.17) is 22.4 Å². The fourth-order valence-corrected chi connectivity index (χ4v) is 1.36. The van der Waals surface area contributed by atoms with Crippen molar-refractivity contribution in [3.05, 3.63) is 34.4 Å². The van der Waals surface area contributed by atoms with E-state index in [1.807, 2.05) is 0 Å². The van der Waals surface area contributed by atoms with Crippen molar-refractivity contribution in [3.8, 4) is 0 Å². The third kappa shape index (κ3) is 2.03. The number of benzene rings is 1. The molecule has 0 bridgehead atoms. The Labute approximate surface area is 85.3 Å². The highest BCUT2D eigenvalue weighted by Gasteiger charge is 2.28. The van der Waals surface area contributed by atoms with Gasteiger partial charge in [0.15, 0.2) is 0 Å². The van der Waals surface area contributed by atoms with Crippen LogP contribution in [0.5, 0.6) is 0 Å². The Kier molecular flexibility index (Phi) is 3.09. The summed E-state index contributed by atoms with van der Waals surface area (Å²) in [5.41, 5.74) is 3.71. The summed E-state index contributed by atoms with van der Waals surface area (Å²) in [5, 5.41) is 8.83. The second-order valence-electron chi connectivity index (χ2n) is 3.32. The topological polar surface area (TPSA) is 46.2 Å². The Balaban J connectivity index is 3.35. The molecule has 0 amide bonds. The van der Waals surface area contributed by atoms with E-state index < -0.39 is 23.8 Å². The van der Waals surface area contributed by atoms with Gasteiger partial charge in [-0.1, -0.05) is 11.6 Å². The molecule has 0 saturated carbocycles. The summed E-state index contributed by atoms with van der Waals surface area (Å²) in [6, 6.07) is 1.92. The lowest BCUT2D eigenvalue weighted by atomic mass is 9.93. The highest BCUT2D eigenvalue weighted by molar-refractivity contribution is 6.30. The molecule has 1 aromatic rings. The van der Waals surface area contributed by atoms with Gasteiger partial charge in [0, 0.05) is 10.6 Å². The molecular weight excluding hydrogens is 212 g/mol. The van der Waals surface area contributed by atoms with Gasteiger partial charge in [-0.25, -0.2) is 8.78 Å². The molecule has 0 aromatic heterocycles. The Bertz CT molecular complexity index is 332. The smallest absolute Gasteiger partial charge is 0.132 e. The molecule has 1 atom stereocenters. The summed E-state index contributed by atoms with van der Waals surface area (Å²) in [4.78, 5) is 0. The minimum atomic E-state index is -1.45. The fourth-order valence-electron chi connectivity index (χ4n) is 1.17. The molecule has 0 heterocycles.